The Labute approximate surface area is 54.3 Å². The highest BCUT2D eigenvalue weighted by Crippen LogP contribution is 2.17. The average Bonchev–Trinajstić information content (AvgIpc) is 2.34. The first kappa shape index (κ1) is 6.99. The minimum Gasteiger partial charge on any atom is -0.394 e. The Bertz CT molecular complexity index is 74.4. The fourth-order valence-corrected chi connectivity index (χ4v) is 1.05. The second-order valence-corrected chi connectivity index (χ2v) is 2.32. The van der Waals surface area contributed by atoms with Gasteiger partial charge in [0.2, 0.25) is 0 Å². The Morgan fingerprint density at radius 3 is 1.78 bits per heavy atom. The molecule has 0 aromatic rings. The van der Waals surface area contributed by atoms with Gasteiger partial charge in [0, 0.05) is 0 Å². The van der Waals surface area contributed by atoms with E-state index >= 15 is 0 Å². The number of hydrogen-bond acceptors (Lipinski definition) is 3. The third kappa shape index (κ3) is 1.64. The van der Waals surface area contributed by atoms with Crippen molar-refractivity contribution in [3.05, 3.63) is 0 Å². The van der Waals surface area contributed by atoms with E-state index < -0.39 is 0 Å². The van der Waals surface area contributed by atoms with Gasteiger partial charge in [-0.05, 0) is 12.8 Å². The summed E-state index contributed by atoms with van der Waals surface area (Å²) in [5.41, 5.74) is 0. The monoisotopic (exact) mass is 132 g/mol. The summed E-state index contributed by atoms with van der Waals surface area (Å²) < 4.78 is 5.16. The molecule has 1 aliphatic heterocycles. The first-order valence-corrected chi connectivity index (χ1v) is 3.24. The zero-order chi connectivity index (χ0) is 6.69. The van der Waals surface area contributed by atoms with Crippen molar-refractivity contribution in [3.8, 4) is 0 Å². The Balaban J connectivity index is 2.20. The van der Waals surface area contributed by atoms with Crippen molar-refractivity contribution in [2.75, 3.05) is 13.2 Å². The first-order chi connectivity index (χ1) is 4.36. The van der Waals surface area contributed by atoms with E-state index in [9.17, 15) is 0 Å². The van der Waals surface area contributed by atoms with Gasteiger partial charge in [0.1, 0.15) is 0 Å². The Morgan fingerprint density at radius 1 is 1.11 bits per heavy atom. The van der Waals surface area contributed by atoms with Crippen LogP contribution in [0.2, 0.25) is 0 Å². The summed E-state index contributed by atoms with van der Waals surface area (Å²) in [6.07, 6.45) is 1.70. The number of rotatable bonds is 2. The van der Waals surface area contributed by atoms with Crippen LogP contribution in [0.25, 0.3) is 0 Å². The quantitative estimate of drug-likeness (QED) is 0.533. The topological polar surface area (TPSA) is 49.7 Å². The molecule has 9 heavy (non-hydrogen) atoms. The third-order valence-corrected chi connectivity index (χ3v) is 1.60. The second kappa shape index (κ2) is 3.15. The summed E-state index contributed by atoms with van der Waals surface area (Å²) in [5.74, 6) is 0. The van der Waals surface area contributed by atoms with Gasteiger partial charge in [0.25, 0.3) is 0 Å². The van der Waals surface area contributed by atoms with Gasteiger partial charge in [-0.25, -0.2) is 0 Å². The molecule has 1 aliphatic rings. The van der Waals surface area contributed by atoms with Crippen molar-refractivity contribution in [3.63, 3.8) is 0 Å². The van der Waals surface area contributed by atoms with E-state index in [0.29, 0.717) is 0 Å². The predicted octanol–water partition coefficient (Wildman–Crippen LogP) is -0.481. The van der Waals surface area contributed by atoms with Gasteiger partial charge >= 0.3 is 0 Å². The number of aliphatic hydroxyl groups excluding tert-OH is 2. The molecule has 3 nitrogen and oxygen atoms in total. The minimum absolute atomic E-state index is 0.0258. The van der Waals surface area contributed by atoms with Crippen LogP contribution in [-0.4, -0.2) is 35.6 Å². The highest BCUT2D eigenvalue weighted by Gasteiger charge is 2.23. The van der Waals surface area contributed by atoms with Crippen molar-refractivity contribution in [2.24, 2.45) is 0 Å². The predicted molar refractivity (Wildman–Crippen MR) is 32.1 cm³/mol. The summed E-state index contributed by atoms with van der Waals surface area (Å²) in [6, 6.07) is 0. The van der Waals surface area contributed by atoms with Gasteiger partial charge in [-0.2, -0.15) is 0 Å². The van der Waals surface area contributed by atoms with Gasteiger partial charge in [0.15, 0.2) is 0 Å². The molecule has 1 heterocycles. The van der Waals surface area contributed by atoms with Gasteiger partial charge in [-0.3, -0.25) is 0 Å². The molecular formula is C6H12O3. The van der Waals surface area contributed by atoms with Crippen molar-refractivity contribution in [1.82, 2.24) is 0 Å². The number of hydrogen-bond donors (Lipinski definition) is 2. The van der Waals surface area contributed by atoms with Crippen LogP contribution in [0, 0.1) is 0 Å². The summed E-state index contributed by atoms with van der Waals surface area (Å²) in [4.78, 5) is 0. The lowest BCUT2D eigenvalue weighted by Crippen LogP contribution is -2.16. The smallest absolute Gasteiger partial charge is 0.0811 e. The van der Waals surface area contributed by atoms with Crippen molar-refractivity contribution in [2.45, 2.75) is 25.0 Å². The molecule has 1 unspecified atom stereocenters. The lowest BCUT2D eigenvalue weighted by Gasteiger charge is -2.07. The molecule has 0 amide bonds. The van der Waals surface area contributed by atoms with Crippen molar-refractivity contribution in [1.29, 1.82) is 0 Å². The Morgan fingerprint density at radius 2 is 1.56 bits per heavy atom. The van der Waals surface area contributed by atoms with Crippen LogP contribution in [-0.2, 0) is 4.74 Å². The largest absolute Gasteiger partial charge is 0.394 e. The highest BCUT2D eigenvalue weighted by atomic mass is 16.5. The van der Waals surface area contributed by atoms with E-state index in [1.165, 1.54) is 0 Å². The standard InChI is InChI=1S/C6H12O3/c7-3-5-1-2-6(4-8)9-5/h5-8H,1-4H2/t5-,6?/m1/s1. The molecule has 0 spiro atoms. The van der Waals surface area contributed by atoms with E-state index in [1.54, 1.807) is 0 Å². The molecule has 0 aromatic heterocycles. The molecule has 0 saturated carbocycles. The van der Waals surface area contributed by atoms with Gasteiger partial charge < -0.3 is 14.9 Å². The summed E-state index contributed by atoms with van der Waals surface area (Å²) in [5, 5.41) is 17.1. The summed E-state index contributed by atoms with van der Waals surface area (Å²) >= 11 is 0. The maximum atomic E-state index is 8.57. The first-order valence-electron chi connectivity index (χ1n) is 3.24. The molecule has 3 heteroatoms. The molecule has 0 aromatic carbocycles. The molecule has 1 rings (SSSR count). The molecule has 2 atom stereocenters. The molecule has 1 fully saturated rings. The van der Waals surface area contributed by atoms with Crippen LogP contribution >= 0.6 is 0 Å². The highest BCUT2D eigenvalue weighted by molar-refractivity contribution is 4.71. The summed E-state index contributed by atoms with van der Waals surface area (Å²) in [6.45, 7) is 0.160. The van der Waals surface area contributed by atoms with Gasteiger partial charge in [-0.15, -0.1) is 0 Å². The van der Waals surface area contributed by atoms with E-state index in [2.05, 4.69) is 0 Å². The average molecular weight is 132 g/mol. The Kier molecular flexibility index (Phi) is 2.45. The van der Waals surface area contributed by atoms with E-state index in [1.807, 2.05) is 0 Å². The maximum absolute atomic E-state index is 8.57. The van der Waals surface area contributed by atoms with E-state index in [4.69, 9.17) is 14.9 Å². The van der Waals surface area contributed by atoms with Crippen LogP contribution in [0.3, 0.4) is 0 Å². The zero-order valence-electron chi connectivity index (χ0n) is 5.29. The van der Waals surface area contributed by atoms with Crippen molar-refractivity contribution < 1.29 is 14.9 Å². The summed E-state index contributed by atoms with van der Waals surface area (Å²) in [7, 11) is 0. The Hall–Kier alpha value is -0.120. The van der Waals surface area contributed by atoms with Crippen LogP contribution < -0.4 is 0 Å². The third-order valence-electron chi connectivity index (χ3n) is 1.60. The van der Waals surface area contributed by atoms with Crippen LogP contribution in [0.1, 0.15) is 12.8 Å². The minimum atomic E-state index is -0.0258. The normalized spacial score (nSPS) is 35.3. The van der Waals surface area contributed by atoms with Crippen LogP contribution in [0.5, 0.6) is 0 Å². The van der Waals surface area contributed by atoms with E-state index in [-0.39, 0.29) is 25.4 Å². The molecule has 0 radical (unpaired) electrons. The fourth-order valence-electron chi connectivity index (χ4n) is 1.05. The lowest BCUT2D eigenvalue weighted by atomic mass is 10.2. The molecule has 54 valence electrons. The van der Waals surface area contributed by atoms with E-state index in [0.717, 1.165) is 12.8 Å². The molecule has 0 aliphatic carbocycles. The van der Waals surface area contributed by atoms with Gasteiger partial charge in [-0.1, -0.05) is 0 Å². The SMILES string of the molecule is OCC1CC[C@H](CO)O1. The van der Waals surface area contributed by atoms with Gasteiger partial charge in [0.05, 0.1) is 25.4 Å². The van der Waals surface area contributed by atoms with Crippen LogP contribution in [0.4, 0.5) is 0 Å². The van der Waals surface area contributed by atoms with Crippen LogP contribution in [0.15, 0.2) is 0 Å². The molecule has 0 bridgehead atoms. The number of ether oxygens (including phenoxy) is 1. The fraction of sp³-hybridized carbons (Fsp3) is 1.00. The maximum Gasteiger partial charge on any atom is 0.0811 e. The molecular weight excluding hydrogens is 120 g/mol. The van der Waals surface area contributed by atoms with Crippen molar-refractivity contribution >= 4 is 0 Å². The zero-order valence-corrected chi connectivity index (χ0v) is 5.29. The molecule has 2 N–H and O–H groups in total. The number of aliphatic hydroxyl groups is 2. The lowest BCUT2D eigenvalue weighted by molar-refractivity contribution is -0.0119. The second-order valence-electron chi connectivity index (χ2n) is 2.32. The molecule has 1 saturated heterocycles.